The summed E-state index contributed by atoms with van der Waals surface area (Å²) in [6.45, 7) is 5.87. The Morgan fingerprint density at radius 3 is 2.28 bits per heavy atom. The minimum absolute atomic E-state index is 0.0436. The normalized spacial score (nSPS) is 28.2. The number of hydrogen-bond donors (Lipinski definition) is 2. The number of β-amino-alcohol motifs (C(OH)–C–C–N with tert-alkyl or cyclic N) is 1. The SMILES string of the molecule is NC(=O)CN1CCCC(C(=O)N2CCC(O)(CN3CCCC3)CC2)C1. The maximum atomic E-state index is 12.8. The Kier molecular flexibility index (Phi) is 5.96. The molecule has 0 aliphatic carbocycles. The van der Waals surface area contributed by atoms with Gasteiger partial charge in [-0.25, -0.2) is 0 Å². The lowest BCUT2D eigenvalue weighted by Gasteiger charge is -2.42. The lowest BCUT2D eigenvalue weighted by atomic mass is 9.89. The maximum Gasteiger partial charge on any atom is 0.231 e. The second kappa shape index (κ2) is 8.01. The van der Waals surface area contributed by atoms with Crippen LogP contribution in [0.3, 0.4) is 0 Å². The maximum absolute atomic E-state index is 12.8. The zero-order chi connectivity index (χ0) is 17.9. The molecule has 3 N–H and O–H groups in total. The highest BCUT2D eigenvalue weighted by atomic mass is 16.3. The van der Waals surface area contributed by atoms with E-state index in [1.807, 2.05) is 9.80 Å². The first-order chi connectivity index (χ1) is 12.0. The van der Waals surface area contributed by atoms with E-state index >= 15 is 0 Å². The summed E-state index contributed by atoms with van der Waals surface area (Å²) < 4.78 is 0. The van der Waals surface area contributed by atoms with Crippen molar-refractivity contribution in [2.45, 2.75) is 44.1 Å². The second-order valence-electron chi connectivity index (χ2n) is 8.07. The van der Waals surface area contributed by atoms with Crippen molar-refractivity contribution >= 4 is 11.8 Å². The molecule has 0 spiro atoms. The zero-order valence-electron chi connectivity index (χ0n) is 15.2. The molecule has 7 nitrogen and oxygen atoms in total. The van der Waals surface area contributed by atoms with E-state index in [0.717, 1.165) is 39.0 Å². The fourth-order valence-corrected chi connectivity index (χ4v) is 4.54. The van der Waals surface area contributed by atoms with Gasteiger partial charge in [-0.2, -0.15) is 0 Å². The third-order valence-electron chi connectivity index (χ3n) is 5.96. The van der Waals surface area contributed by atoms with Crippen LogP contribution in [0.1, 0.15) is 38.5 Å². The number of rotatable bonds is 5. The van der Waals surface area contributed by atoms with Crippen molar-refractivity contribution in [2.75, 3.05) is 52.4 Å². The molecule has 0 bridgehead atoms. The van der Waals surface area contributed by atoms with Crippen LogP contribution in [0.2, 0.25) is 0 Å². The summed E-state index contributed by atoms with van der Waals surface area (Å²) in [6.07, 6.45) is 5.58. The Hall–Kier alpha value is -1.18. The van der Waals surface area contributed by atoms with Crippen molar-refractivity contribution in [3.8, 4) is 0 Å². The lowest BCUT2D eigenvalue weighted by molar-refractivity contribution is -0.142. The van der Waals surface area contributed by atoms with Gasteiger partial charge in [-0.05, 0) is 58.2 Å². The van der Waals surface area contributed by atoms with Crippen molar-refractivity contribution in [1.29, 1.82) is 0 Å². The Balaban J connectivity index is 1.48. The molecule has 3 rings (SSSR count). The molecule has 142 valence electrons. The number of piperidine rings is 2. The first kappa shape index (κ1) is 18.6. The van der Waals surface area contributed by atoms with E-state index in [9.17, 15) is 14.7 Å². The van der Waals surface area contributed by atoms with Gasteiger partial charge in [-0.15, -0.1) is 0 Å². The Bertz CT molecular complexity index is 485. The van der Waals surface area contributed by atoms with Crippen LogP contribution in [0.5, 0.6) is 0 Å². The number of amides is 2. The fourth-order valence-electron chi connectivity index (χ4n) is 4.54. The van der Waals surface area contributed by atoms with E-state index in [1.54, 1.807) is 0 Å². The van der Waals surface area contributed by atoms with Crippen LogP contribution in [0.25, 0.3) is 0 Å². The van der Waals surface area contributed by atoms with E-state index in [-0.39, 0.29) is 24.3 Å². The van der Waals surface area contributed by atoms with Crippen molar-refractivity contribution in [1.82, 2.24) is 14.7 Å². The fraction of sp³-hybridized carbons (Fsp3) is 0.889. The smallest absolute Gasteiger partial charge is 0.231 e. The van der Waals surface area contributed by atoms with Gasteiger partial charge in [0, 0.05) is 26.2 Å². The third-order valence-corrected chi connectivity index (χ3v) is 5.96. The molecule has 3 fully saturated rings. The number of nitrogens with zero attached hydrogens (tertiary/aromatic N) is 3. The molecule has 1 atom stereocenters. The zero-order valence-corrected chi connectivity index (χ0v) is 15.2. The van der Waals surface area contributed by atoms with Crippen LogP contribution < -0.4 is 5.73 Å². The molecule has 25 heavy (non-hydrogen) atoms. The van der Waals surface area contributed by atoms with Gasteiger partial charge in [0.15, 0.2) is 0 Å². The van der Waals surface area contributed by atoms with E-state index < -0.39 is 5.60 Å². The van der Waals surface area contributed by atoms with Crippen LogP contribution in [0, 0.1) is 5.92 Å². The molecular formula is C18H32N4O3. The minimum Gasteiger partial charge on any atom is -0.388 e. The summed E-state index contributed by atoms with van der Waals surface area (Å²) in [5.41, 5.74) is 4.63. The average Bonchev–Trinajstić information content (AvgIpc) is 3.07. The summed E-state index contributed by atoms with van der Waals surface area (Å²) in [4.78, 5) is 30.2. The van der Waals surface area contributed by atoms with Crippen LogP contribution in [-0.4, -0.2) is 89.6 Å². The van der Waals surface area contributed by atoms with Gasteiger partial charge in [-0.1, -0.05) is 0 Å². The molecule has 0 radical (unpaired) electrons. The first-order valence-corrected chi connectivity index (χ1v) is 9.69. The van der Waals surface area contributed by atoms with Gasteiger partial charge in [0.05, 0.1) is 18.1 Å². The number of aliphatic hydroxyl groups is 1. The Labute approximate surface area is 150 Å². The van der Waals surface area contributed by atoms with Gasteiger partial charge < -0.3 is 20.6 Å². The summed E-state index contributed by atoms with van der Waals surface area (Å²) >= 11 is 0. The number of primary amides is 1. The highest BCUT2D eigenvalue weighted by molar-refractivity contribution is 5.80. The minimum atomic E-state index is -0.647. The van der Waals surface area contributed by atoms with Crippen LogP contribution in [0.4, 0.5) is 0 Å². The van der Waals surface area contributed by atoms with Crippen LogP contribution in [0.15, 0.2) is 0 Å². The van der Waals surface area contributed by atoms with E-state index in [1.165, 1.54) is 12.8 Å². The van der Waals surface area contributed by atoms with Crippen molar-refractivity contribution in [3.05, 3.63) is 0 Å². The quantitative estimate of drug-likeness (QED) is 0.705. The molecule has 0 aromatic carbocycles. The molecule has 3 heterocycles. The molecule has 2 amide bonds. The van der Waals surface area contributed by atoms with Gasteiger partial charge >= 0.3 is 0 Å². The predicted molar refractivity (Wildman–Crippen MR) is 94.8 cm³/mol. The summed E-state index contributed by atoms with van der Waals surface area (Å²) in [7, 11) is 0. The predicted octanol–water partition coefficient (Wildman–Crippen LogP) is -0.367. The third kappa shape index (κ3) is 4.92. The molecule has 1 unspecified atom stereocenters. The van der Waals surface area contributed by atoms with E-state index in [0.29, 0.717) is 32.5 Å². The highest BCUT2D eigenvalue weighted by Gasteiger charge is 2.38. The molecule has 3 aliphatic rings. The van der Waals surface area contributed by atoms with Gasteiger partial charge in [0.25, 0.3) is 0 Å². The largest absolute Gasteiger partial charge is 0.388 e. The van der Waals surface area contributed by atoms with Crippen LogP contribution >= 0.6 is 0 Å². The Morgan fingerprint density at radius 2 is 1.64 bits per heavy atom. The van der Waals surface area contributed by atoms with Crippen molar-refractivity contribution in [2.24, 2.45) is 11.7 Å². The number of likely N-dealkylation sites (tertiary alicyclic amines) is 3. The molecule has 0 saturated carbocycles. The van der Waals surface area contributed by atoms with E-state index in [2.05, 4.69) is 4.90 Å². The van der Waals surface area contributed by atoms with E-state index in [4.69, 9.17) is 5.73 Å². The molecule has 0 aromatic heterocycles. The first-order valence-electron chi connectivity index (χ1n) is 9.69. The summed E-state index contributed by atoms with van der Waals surface area (Å²) in [5.74, 6) is -0.201. The number of hydrogen-bond acceptors (Lipinski definition) is 5. The molecular weight excluding hydrogens is 320 g/mol. The van der Waals surface area contributed by atoms with Gasteiger partial charge in [0.1, 0.15) is 0 Å². The van der Waals surface area contributed by atoms with Crippen molar-refractivity contribution < 1.29 is 14.7 Å². The van der Waals surface area contributed by atoms with Crippen molar-refractivity contribution in [3.63, 3.8) is 0 Å². The monoisotopic (exact) mass is 352 g/mol. The lowest BCUT2D eigenvalue weighted by Crippen LogP contribution is -2.54. The molecule has 0 aromatic rings. The topological polar surface area (TPSA) is 90.1 Å². The molecule has 3 saturated heterocycles. The number of nitrogens with two attached hydrogens (primary N) is 1. The van der Waals surface area contributed by atoms with Gasteiger partial charge in [0.2, 0.25) is 11.8 Å². The summed E-state index contributed by atoms with van der Waals surface area (Å²) in [5, 5.41) is 10.8. The molecule has 7 heteroatoms. The highest BCUT2D eigenvalue weighted by Crippen LogP contribution is 2.27. The summed E-state index contributed by atoms with van der Waals surface area (Å²) in [6, 6.07) is 0. The second-order valence-corrected chi connectivity index (χ2v) is 8.07. The average molecular weight is 352 g/mol. The van der Waals surface area contributed by atoms with Crippen LogP contribution in [-0.2, 0) is 9.59 Å². The van der Waals surface area contributed by atoms with Gasteiger partial charge in [-0.3, -0.25) is 14.5 Å². The Morgan fingerprint density at radius 1 is 1.00 bits per heavy atom. The number of carbonyl (C=O) groups excluding carboxylic acids is 2. The number of carbonyl (C=O) groups is 2. The molecule has 3 aliphatic heterocycles. The standard InChI is InChI=1S/C18H32N4O3/c19-16(23)13-21-9-3-4-15(12-21)17(24)22-10-5-18(25,6-11-22)14-20-7-1-2-8-20/h15,25H,1-14H2,(H2,19,23).